The van der Waals surface area contributed by atoms with Crippen molar-refractivity contribution < 1.29 is 4.79 Å². The van der Waals surface area contributed by atoms with Crippen LogP contribution in [0.25, 0.3) is 5.13 Å². The number of hydrogen-bond acceptors (Lipinski definition) is 5. The van der Waals surface area contributed by atoms with Crippen LogP contribution >= 0.6 is 11.3 Å². The van der Waals surface area contributed by atoms with Crippen LogP contribution in [0.4, 0.5) is 5.13 Å². The van der Waals surface area contributed by atoms with E-state index in [4.69, 9.17) is 0 Å². The number of rotatable bonds is 4. The summed E-state index contributed by atoms with van der Waals surface area (Å²) in [6, 6.07) is 4.35. The summed E-state index contributed by atoms with van der Waals surface area (Å²) in [6.07, 6.45) is 12.0. The first-order valence-corrected chi connectivity index (χ1v) is 10.1. The lowest BCUT2D eigenvalue weighted by atomic mass is 9.93. The molecule has 0 aromatic carbocycles. The molecule has 1 amide bonds. The topological polar surface area (TPSA) is 63.1 Å². The molecule has 0 radical (unpaired) electrons. The highest BCUT2D eigenvalue weighted by molar-refractivity contribution is 7.17. The first kappa shape index (κ1) is 16.6. The lowest BCUT2D eigenvalue weighted by Gasteiger charge is -2.33. The quantitative estimate of drug-likeness (QED) is 0.911. The molecule has 2 aromatic rings. The standard InChI is InChI=1S/C18H25N5OS/c24-16(19-15-8-2-1-3-9-15)14-7-6-12-23(13-14)18-21-20-17(25-18)22-10-4-5-11-22/h4-5,10-11,14-15H,1-3,6-9,12-13H2,(H,19,24)/t14-/m1/s1. The fraction of sp³-hybridized carbons (Fsp3) is 0.611. The zero-order valence-corrected chi connectivity index (χ0v) is 15.2. The zero-order valence-electron chi connectivity index (χ0n) is 14.4. The van der Waals surface area contributed by atoms with E-state index in [9.17, 15) is 4.79 Å². The van der Waals surface area contributed by atoms with Gasteiger partial charge in [-0.1, -0.05) is 30.6 Å². The largest absolute Gasteiger partial charge is 0.353 e. The fourth-order valence-corrected chi connectivity index (χ4v) is 4.68. The molecule has 0 unspecified atom stereocenters. The summed E-state index contributed by atoms with van der Waals surface area (Å²) in [5.74, 6) is 0.293. The summed E-state index contributed by atoms with van der Waals surface area (Å²) in [7, 11) is 0. The van der Waals surface area contributed by atoms with Crippen molar-refractivity contribution in [2.24, 2.45) is 5.92 Å². The normalized spacial score (nSPS) is 22.1. The van der Waals surface area contributed by atoms with Crippen LogP contribution < -0.4 is 10.2 Å². The molecule has 1 aliphatic carbocycles. The van der Waals surface area contributed by atoms with Gasteiger partial charge >= 0.3 is 0 Å². The van der Waals surface area contributed by atoms with Crippen molar-refractivity contribution in [1.29, 1.82) is 0 Å². The van der Waals surface area contributed by atoms with Gasteiger partial charge in [0.2, 0.25) is 16.2 Å². The number of carbonyl (C=O) groups is 1. The molecule has 1 saturated carbocycles. The van der Waals surface area contributed by atoms with E-state index in [1.807, 2.05) is 29.1 Å². The van der Waals surface area contributed by atoms with Gasteiger partial charge < -0.3 is 10.2 Å². The summed E-state index contributed by atoms with van der Waals surface area (Å²) < 4.78 is 1.97. The van der Waals surface area contributed by atoms with Crippen molar-refractivity contribution in [3.63, 3.8) is 0 Å². The molecule has 134 valence electrons. The third kappa shape index (κ3) is 3.86. The summed E-state index contributed by atoms with van der Waals surface area (Å²) in [5.41, 5.74) is 0. The molecule has 0 bridgehead atoms. The molecule has 6 nitrogen and oxygen atoms in total. The minimum absolute atomic E-state index is 0.0644. The third-order valence-electron chi connectivity index (χ3n) is 5.24. The van der Waals surface area contributed by atoms with Gasteiger partial charge in [0.25, 0.3) is 0 Å². The van der Waals surface area contributed by atoms with Crippen LogP contribution in [0.3, 0.4) is 0 Å². The monoisotopic (exact) mass is 359 g/mol. The minimum atomic E-state index is 0.0644. The summed E-state index contributed by atoms with van der Waals surface area (Å²) in [4.78, 5) is 14.9. The maximum Gasteiger partial charge on any atom is 0.225 e. The first-order valence-electron chi connectivity index (χ1n) is 9.32. The number of nitrogens with one attached hydrogen (secondary N) is 1. The Bertz CT molecular complexity index is 692. The number of nitrogens with zero attached hydrogens (tertiary/aromatic N) is 4. The van der Waals surface area contributed by atoms with Crippen molar-refractivity contribution in [1.82, 2.24) is 20.1 Å². The van der Waals surface area contributed by atoms with E-state index in [1.165, 1.54) is 19.3 Å². The number of anilines is 1. The SMILES string of the molecule is O=C(NC1CCCCC1)[C@@H]1CCCN(c2nnc(-n3cccc3)s2)C1. The predicted molar refractivity (Wildman–Crippen MR) is 99.2 cm³/mol. The Labute approximate surface area is 152 Å². The average Bonchev–Trinajstić information content (AvgIpc) is 3.34. The van der Waals surface area contributed by atoms with Crippen LogP contribution in [0.15, 0.2) is 24.5 Å². The molecule has 1 atom stereocenters. The van der Waals surface area contributed by atoms with Crippen LogP contribution in [-0.2, 0) is 4.79 Å². The Kier molecular flexibility index (Phi) is 5.01. The van der Waals surface area contributed by atoms with Crippen molar-refractivity contribution >= 4 is 22.4 Å². The Balaban J connectivity index is 1.38. The van der Waals surface area contributed by atoms with Gasteiger partial charge in [-0.3, -0.25) is 9.36 Å². The molecule has 0 spiro atoms. The van der Waals surface area contributed by atoms with Gasteiger partial charge in [0.15, 0.2) is 0 Å². The molecular formula is C18H25N5OS. The molecule has 3 heterocycles. The molecule has 4 rings (SSSR count). The van der Waals surface area contributed by atoms with E-state index >= 15 is 0 Å². The smallest absolute Gasteiger partial charge is 0.225 e. The zero-order chi connectivity index (χ0) is 17.1. The molecule has 7 heteroatoms. The summed E-state index contributed by atoms with van der Waals surface area (Å²) >= 11 is 1.58. The maximum atomic E-state index is 12.7. The van der Waals surface area contributed by atoms with E-state index in [1.54, 1.807) is 11.3 Å². The maximum absolute atomic E-state index is 12.7. The van der Waals surface area contributed by atoms with E-state index < -0.39 is 0 Å². The number of aromatic nitrogens is 3. The number of piperidine rings is 1. The molecule has 1 aliphatic heterocycles. The van der Waals surface area contributed by atoms with Crippen LogP contribution in [-0.4, -0.2) is 39.8 Å². The molecule has 1 N–H and O–H groups in total. The second-order valence-electron chi connectivity index (χ2n) is 7.09. The van der Waals surface area contributed by atoms with Gasteiger partial charge in [-0.25, -0.2) is 0 Å². The highest BCUT2D eigenvalue weighted by Gasteiger charge is 2.29. The van der Waals surface area contributed by atoms with Crippen molar-refractivity contribution in [2.45, 2.75) is 51.0 Å². The van der Waals surface area contributed by atoms with Crippen molar-refractivity contribution in [2.75, 3.05) is 18.0 Å². The fourth-order valence-electron chi connectivity index (χ4n) is 3.83. The number of amides is 1. The Hall–Kier alpha value is -1.89. The highest BCUT2D eigenvalue weighted by atomic mass is 32.1. The van der Waals surface area contributed by atoms with Crippen LogP contribution in [0.1, 0.15) is 44.9 Å². The molecule has 1 saturated heterocycles. The second-order valence-corrected chi connectivity index (χ2v) is 8.02. The molecule has 2 fully saturated rings. The predicted octanol–water partition coefficient (Wildman–Crippen LogP) is 2.99. The van der Waals surface area contributed by atoms with Gasteiger partial charge in [-0.2, -0.15) is 0 Å². The Morgan fingerprint density at radius 2 is 1.80 bits per heavy atom. The third-order valence-corrected chi connectivity index (χ3v) is 6.24. The number of carbonyl (C=O) groups excluding carboxylic acids is 1. The van der Waals surface area contributed by atoms with E-state index in [0.29, 0.717) is 6.04 Å². The van der Waals surface area contributed by atoms with Crippen LogP contribution in [0, 0.1) is 5.92 Å². The van der Waals surface area contributed by atoms with Gasteiger partial charge in [0.05, 0.1) is 5.92 Å². The van der Waals surface area contributed by atoms with Crippen LogP contribution in [0.2, 0.25) is 0 Å². The highest BCUT2D eigenvalue weighted by Crippen LogP contribution is 2.28. The van der Waals surface area contributed by atoms with E-state index in [0.717, 1.165) is 49.0 Å². The minimum Gasteiger partial charge on any atom is -0.353 e. The number of hydrogen-bond donors (Lipinski definition) is 1. The van der Waals surface area contributed by atoms with Crippen molar-refractivity contribution in [3.05, 3.63) is 24.5 Å². The Morgan fingerprint density at radius 1 is 1.04 bits per heavy atom. The van der Waals surface area contributed by atoms with Gasteiger partial charge in [0.1, 0.15) is 0 Å². The molecule has 25 heavy (non-hydrogen) atoms. The van der Waals surface area contributed by atoms with Crippen LogP contribution in [0.5, 0.6) is 0 Å². The summed E-state index contributed by atoms with van der Waals surface area (Å²) in [6.45, 7) is 1.70. The van der Waals surface area contributed by atoms with E-state index in [-0.39, 0.29) is 11.8 Å². The van der Waals surface area contributed by atoms with Crippen molar-refractivity contribution in [3.8, 4) is 5.13 Å². The second kappa shape index (κ2) is 7.56. The molecule has 2 aliphatic rings. The van der Waals surface area contributed by atoms with Gasteiger partial charge in [-0.15, -0.1) is 10.2 Å². The lowest BCUT2D eigenvalue weighted by molar-refractivity contribution is -0.126. The average molecular weight is 359 g/mol. The first-order chi connectivity index (χ1) is 12.3. The van der Waals surface area contributed by atoms with Gasteiger partial charge in [-0.05, 0) is 37.8 Å². The Morgan fingerprint density at radius 3 is 2.60 bits per heavy atom. The van der Waals surface area contributed by atoms with E-state index in [2.05, 4.69) is 20.4 Å². The van der Waals surface area contributed by atoms with Gasteiger partial charge in [0, 0.05) is 31.5 Å². The lowest BCUT2D eigenvalue weighted by Crippen LogP contribution is -2.46. The molecule has 2 aromatic heterocycles. The summed E-state index contributed by atoms with van der Waals surface area (Å²) in [5, 5.41) is 13.7. The molecular weight excluding hydrogens is 334 g/mol.